The molecule has 0 radical (unpaired) electrons. The maximum atomic E-state index is 11.1. The Bertz CT molecular complexity index is 400. The predicted molar refractivity (Wildman–Crippen MR) is 61.4 cm³/mol. The van der Waals surface area contributed by atoms with Crippen LogP contribution >= 0.6 is 0 Å². The van der Waals surface area contributed by atoms with Crippen molar-refractivity contribution >= 4 is 12.1 Å². The molecule has 0 aromatic heterocycles. The van der Waals surface area contributed by atoms with E-state index in [9.17, 15) is 9.59 Å². The molecule has 0 spiro atoms. The summed E-state index contributed by atoms with van der Waals surface area (Å²) in [4.78, 5) is 21.3. The van der Waals surface area contributed by atoms with Crippen LogP contribution in [0.15, 0.2) is 42.5 Å². The SMILES string of the molecule is O=C(O)/C=C/CNC(=O)OCc1ccccc1. The number of aliphatic carboxylic acids is 1. The minimum atomic E-state index is -1.05. The molecule has 0 saturated carbocycles. The fourth-order valence-electron chi connectivity index (χ4n) is 1.08. The van der Waals surface area contributed by atoms with Gasteiger partial charge in [0.15, 0.2) is 0 Å². The number of amides is 1. The number of carboxylic acids is 1. The van der Waals surface area contributed by atoms with E-state index in [0.29, 0.717) is 0 Å². The van der Waals surface area contributed by atoms with Crippen molar-refractivity contribution in [3.8, 4) is 0 Å². The Balaban J connectivity index is 2.20. The Hall–Kier alpha value is -2.30. The Morgan fingerprint density at radius 1 is 1.29 bits per heavy atom. The van der Waals surface area contributed by atoms with E-state index in [-0.39, 0.29) is 13.2 Å². The number of rotatable bonds is 5. The van der Waals surface area contributed by atoms with Crippen molar-refractivity contribution in [1.82, 2.24) is 5.32 Å². The van der Waals surface area contributed by atoms with E-state index in [2.05, 4.69) is 5.32 Å². The molecule has 0 bridgehead atoms. The van der Waals surface area contributed by atoms with Crippen LogP contribution in [0, 0.1) is 0 Å². The summed E-state index contributed by atoms with van der Waals surface area (Å²) in [5.41, 5.74) is 0.892. The van der Waals surface area contributed by atoms with Crippen LogP contribution in [-0.2, 0) is 16.1 Å². The number of benzene rings is 1. The molecule has 0 heterocycles. The zero-order chi connectivity index (χ0) is 12.5. The topological polar surface area (TPSA) is 75.6 Å². The molecule has 1 rings (SSSR count). The molecule has 5 heteroatoms. The van der Waals surface area contributed by atoms with Crippen LogP contribution in [0.3, 0.4) is 0 Å². The van der Waals surface area contributed by atoms with E-state index >= 15 is 0 Å². The second-order valence-electron chi connectivity index (χ2n) is 3.18. The summed E-state index contributed by atoms with van der Waals surface area (Å²) in [7, 11) is 0. The maximum Gasteiger partial charge on any atom is 0.407 e. The normalized spacial score (nSPS) is 10.1. The van der Waals surface area contributed by atoms with Crippen molar-refractivity contribution in [3.63, 3.8) is 0 Å². The molecular formula is C12H13NO4. The van der Waals surface area contributed by atoms with E-state index < -0.39 is 12.1 Å². The predicted octanol–water partition coefficient (Wildman–Crippen LogP) is 1.55. The van der Waals surface area contributed by atoms with Gasteiger partial charge < -0.3 is 15.2 Å². The highest BCUT2D eigenvalue weighted by molar-refractivity contribution is 5.79. The Labute approximate surface area is 98.7 Å². The number of carboxylic acid groups (broad SMARTS) is 1. The van der Waals surface area contributed by atoms with Crippen molar-refractivity contribution < 1.29 is 19.4 Å². The molecule has 1 aromatic rings. The van der Waals surface area contributed by atoms with Crippen molar-refractivity contribution in [2.45, 2.75) is 6.61 Å². The van der Waals surface area contributed by atoms with Gasteiger partial charge in [-0.2, -0.15) is 0 Å². The zero-order valence-electron chi connectivity index (χ0n) is 9.13. The number of carbonyl (C=O) groups is 2. The van der Waals surface area contributed by atoms with Crippen LogP contribution in [0.25, 0.3) is 0 Å². The van der Waals surface area contributed by atoms with Gasteiger partial charge in [-0.3, -0.25) is 0 Å². The molecule has 5 nitrogen and oxygen atoms in total. The molecule has 90 valence electrons. The molecule has 17 heavy (non-hydrogen) atoms. The molecule has 2 N–H and O–H groups in total. The van der Waals surface area contributed by atoms with Gasteiger partial charge >= 0.3 is 12.1 Å². The van der Waals surface area contributed by atoms with Crippen LogP contribution in [-0.4, -0.2) is 23.7 Å². The molecule has 0 fully saturated rings. The van der Waals surface area contributed by atoms with E-state index in [4.69, 9.17) is 9.84 Å². The summed E-state index contributed by atoms with van der Waals surface area (Å²) < 4.78 is 4.90. The van der Waals surface area contributed by atoms with Gasteiger partial charge in [0.05, 0.1) is 0 Å². The highest BCUT2D eigenvalue weighted by Crippen LogP contribution is 2.00. The second-order valence-corrected chi connectivity index (χ2v) is 3.18. The van der Waals surface area contributed by atoms with Crippen molar-refractivity contribution in [1.29, 1.82) is 0 Å². The molecule has 0 aliphatic rings. The first-order chi connectivity index (χ1) is 8.18. The average molecular weight is 235 g/mol. The minimum absolute atomic E-state index is 0.125. The first kappa shape index (κ1) is 12.8. The summed E-state index contributed by atoms with van der Waals surface area (Å²) in [6.45, 7) is 0.315. The van der Waals surface area contributed by atoms with Crippen LogP contribution in [0.4, 0.5) is 4.79 Å². The van der Waals surface area contributed by atoms with E-state index in [0.717, 1.165) is 11.6 Å². The van der Waals surface area contributed by atoms with Crippen molar-refractivity contribution in [2.75, 3.05) is 6.54 Å². The lowest BCUT2D eigenvalue weighted by Crippen LogP contribution is -2.24. The zero-order valence-corrected chi connectivity index (χ0v) is 9.13. The van der Waals surface area contributed by atoms with Gasteiger partial charge in [0.25, 0.3) is 0 Å². The number of alkyl carbamates (subject to hydrolysis) is 1. The smallest absolute Gasteiger partial charge is 0.407 e. The van der Waals surface area contributed by atoms with Gasteiger partial charge in [-0.25, -0.2) is 9.59 Å². The molecule has 0 atom stereocenters. The van der Waals surface area contributed by atoms with Gasteiger partial charge in [0.1, 0.15) is 6.61 Å². The fourth-order valence-corrected chi connectivity index (χ4v) is 1.08. The highest BCUT2D eigenvalue weighted by atomic mass is 16.5. The highest BCUT2D eigenvalue weighted by Gasteiger charge is 2.00. The number of hydrogen-bond donors (Lipinski definition) is 2. The molecule has 0 saturated heterocycles. The number of nitrogens with one attached hydrogen (secondary N) is 1. The number of ether oxygens (including phenoxy) is 1. The molecular weight excluding hydrogens is 222 g/mol. The summed E-state index contributed by atoms with van der Waals surface area (Å²) in [6.07, 6.45) is 1.70. The Morgan fingerprint density at radius 2 is 2.00 bits per heavy atom. The maximum absolute atomic E-state index is 11.1. The van der Waals surface area contributed by atoms with Gasteiger partial charge in [-0.15, -0.1) is 0 Å². The van der Waals surface area contributed by atoms with Gasteiger partial charge in [-0.1, -0.05) is 36.4 Å². The van der Waals surface area contributed by atoms with Gasteiger partial charge in [0, 0.05) is 12.6 Å². The molecule has 0 unspecified atom stereocenters. The summed E-state index contributed by atoms with van der Waals surface area (Å²) in [6, 6.07) is 9.27. The Kier molecular flexibility index (Phi) is 5.30. The monoisotopic (exact) mass is 235 g/mol. The van der Waals surface area contributed by atoms with Crippen molar-refractivity contribution in [3.05, 3.63) is 48.0 Å². The van der Waals surface area contributed by atoms with E-state index in [1.807, 2.05) is 30.3 Å². The van der Waals surface area contributed by atoms with Gasteiger partial charge in [-0.05, 0) is 5.56 Å². The van der Waals surface area contributed by atoms with Crippen LogP contribution in [0.2, 0.25) is 0 Å². The molecule has 1 amide bonds. The van der Waals surface area contributed by atoms with Crippen molar-refractivity contribution in [2.24, 2.45) is 0 Å². The fraction of sp³-hybridized carbons (Fsp3) is 0.167. The summed E-state index contributed by atoms with van der Waals surface area (Å²) in [5.74, 6) is -1.05. The lowest BCUT2D eigenvalue weighted by atomic mass is 10.2. The molecule has 0 aliphatic carbocycles. The third kappa shape index (κ3) is 5.99. The average Bonchev–Trinajstić information content (AvgIpc) is 2.33. The summed E-state index contributed by atoms with van der Waals surface area (Å²) in [5, 5.41) is 10.7. The Morgan fingerprint density at radius 3 is 2.65 bits per heavy atom. The minimum Gasteiger partial charge on any atom is -0.478 e. The summed E-state index contributed by atoms with van der Waals surface area (Å²) >= 11 is 0. The first-order valence-corrected chi connectivity index (χ1v) is 5.02. The van der Waals surface area contributed by atoms with E-state index in [1.165, 1.54) is 6.08 Å². The van der Waals surface area contributed by atoms with E-state index in [1.54, 1.807) is 0 Å². The molecule has 1 aromatic carbocycles. The first-order valence-electron chi connectivity index (χ1n) is 5.02. The van der Waals surface area contributed by atoms with Crippen LogP contribution < -0.4 is 5.32 Å². The quantitative estimate of drug-likeness (QED) is 0.759. The van der Waals surface area contributed by atoms with Gasteiger partial charge in [0.2, 0.25) is 0 Å². The second kappa shape index (κ2) is 7.05. The molecule has 0 aliphatic heterocycles. The van der Waals surface area contributed by atoms with Crippen LogP contribution in [0.5, 0.6) is 0 Å². The standard InChI is InChI=1S/C12H13NO4/c14-11(15)7-4-8-13-12(16)17-9-10-5-2-1-3-6-10/h1-7H,8-9H2,(H,13,16)(H,14,15)/b7-4+. The largest absolute Gasteiger partial charge is 0.478 e. The third-order valence-corrected chi connectivity index (χ3v) is 1.84. The number of carbonyl (C=O) groups excluding carboxylic acids is 1. The lowest BCUT2D eigenvalue weighted by molar-refractivity contribution is -0.131. The third-order valence-electron chi connectivity index (χ3n) is 1.84. The lowest BCUT2D eigenvalue weighted by Gasteiger charge is -2.04. The number of hydrogen-bond acceptors (Lipinski definition) is 3. The van der Waals surface area contributed by atoms with Crippen LogP contribution in [0.1, 0.15) is 5.56 Å².